The van der Waals surface area contributed by atoms with E-state index in [2.05, 4.69) is 73.7 Å². The largest absolute Gasteiger partial charge is 0.300 e. The number of ketones is 1. The Morgan fingerprint density at radius 3 is 2.53 bits per heavy atom. The first-order valence-electron chi connectivity index (χ1n) is 11.7. The highest BCUT2D eigenvalue weighted by Crippen LogP contribution is 2.43. The molecule has 1 aliphatic rings. The Hall–Kier alpha value is -2.41. The Bertz CT molecular complexity index is 979. The fourth-order valence-corrected chi connectivity index (χ4v) is 5.40. The summed E-state index contributed by atoms with van der Waals surface area (Å²) in [6.45, 7) is 4.09. The van der Waals surface area contributed by atoms with Crippen LogP contribution in [0.1, 0.15) is 80.9 Å². The summed E-state index contributed by atoms with van der Waals surface area (Å²) in [5.41, 5.74) is 4.37. The molecule has 3 aromatic carbocycles. The maximum atomic E-state index is 11.1. The summed E-state index contributed by atoms with van der Waals surface area (Å²) in [5.74, 6) is 2.42. The van der Waals surface area contributed by atoms with Crippen molar-refractivity contribution in [3.8, 4) is 0 Å². The van der Waals surface area contributed by atoms with Crippen molar-refractivity contribution in [2.75, 3.05) is 0 Å². The zero-order valence-electron chi connectivity index (χ0n) is 18.4. The Kier molecular flexibility index (Phi) is 6.67. The van der Waals surface area contributed by atoms with Crippen LogP contribution in [0, 0.1) is 5.92 Å². The van der Waals surface area contributed by atoms with Crippen LogP contribution in [0.15, 0.2) is 66.7 Å². The fourth-order valence-electron chi connectivity index (χ4n) is 5.40. The van der Waals surface area contributed by atoms with E-state index in [9.17, 15) is 4.79 Å². The average molecular weight is 399 g/mol. The molecule has 3 atom stereocenters. The molecule has 4 rings (SSSR count). The first-order chi connectivity index (χ1) is 14.6. The molecular formula is C29H34O. The molecule has 0 N–H and O–H groups in total. The third-order valence-electron chi connectivity index (χ3n) is 7.03. The van der Waals surface area contributed by atoms with Gasteiger partial charge in [0, 0.05) is 6.42 Å². The minimum atomic E-state index is 0.293. The molecule has 0 saturated heterocycles. The maximum Gasteiger partial charge on any atom is 0.129 e. The van der Waals surface area contributed by atoms with Gasteiger partial charge in [-0.15, -0.1) is 0 Å². The molecule has 1 heteroatoms. The van der Waals surface area contributed by atoms with E-state index >= 15 is 0 Å². The topological polar surface area (TPSA) is 17.1 Å². The van der Waals surface area contributed by atoms with Crippen LogP contribution in [0.3, 0.4) is 0 Å². The highest BCUT2D eigenvalue weighted by atomic mass is 16.1. The zero-order valence-corrected chi connectivity index (χ0v) is 18.4. The van der Waals surface area contributed by atoms with Crippen molar-refractivity contribution in [2.24, 2.45) is 5.92 Å². The highest BCUT2D eigenvalue weighted by molar-refractivity contribution is 5.86. The van der Waals surface area contributed by atoms with E-state index in [1.54, 1.807) is 6.92 Å². The second-order valence-electron chi connectivity index (χ2n) is 9.38. The van der Waals surface area contributed by atoms with Gasteiger partial charge in [-0.1, -0.05) is 73.7 Å². The predicted molar refractivity (Wildman–Crippen MR) is 127 cm³/mol. The highest BCUT2D eigenvalue weighted by Gasteiger charge is 2.27. The fraction of sp³-hybridized carbons (Fsp3) is 0.414. The molecular weight excluding hydrogens is 364 g/mol. The summed E-state index contributed by atoms with van der Waals surface area (Å²) in [6.07, 6.45) is 7.94. The number of hydrogen-bond donors (Lipinski definition) is 0. The first-order valence-corrected chi connectivity index (χ1v) is 11.7. The molecule has 0 aromatic heterocycles. The monoisotopic (exact) mass is 398 g/mol. The quantitative estimate of drug-likeness (QED) is 0.378. The first kappa shape index (κ1) is 20.8. The van der Waals surface area contributed by atoms with Crippen molar-refractivity contribution in [3.63, 3.8) is 0 Å². The number of carbonyl (C=O) groups excluding carboxylic acids is 1. The van der Waals surface area contributed by atoms with Crippen LogP contribution in [0.25, 0.3) is 10.8 Å². The van der Waals surface area contributed by atoms with Gasteiger partial charge in [-0.2, -0.15) is 0 Å². The number of hydrogen-bond acceptors (Lipinski definition) is 1. The minimum Gasteiger partial charge on any atom is -0.300 e. The van der Waals surface area contributed by atoms with Crippen molar-refractivity contribution in [2.45, 2.75) is 70.6 Å². The molecule has 1 aliphatic carbocycles. The van der Waals surface area contributed by atoms with Crippen molar-refractivity contribution in [3.05, 3.63) is 83.4 Å². The lowest BCUT2D eigenvalue weighted by molar-refractivity contribution is -0.117. The van der Waals surface area contributed by atoms with Crippen LogP contribution in [0.5, 0.6) is 0 Å². The zero-order chi connectivity index (χ0) is 20.9. The number of Topliss-reactive ketones (excluding diaryl/α,β-unsaturated/α-hetero) is 1. The Balaban J connectivity index is 1.34. The molecule has 0 unspecified atom stereocenters. The molecule has 0 amide bonds. The number of fused-ring (bicyclic) bond motifs is 1. The summed E-state index contributed by atoms with van der Waals surface area (Å²) in [4.78, 5) is 11.1. The molecule has 3 aromatic rings. The number of aryl methyl sites for hydroxylation is 1. The number of rotatable bonds is 8. The van der Waals surface area contributed by atoms with Gasteiger partial charge in [-0.05, 0) is 90.7 Å². The summed E-state index contributed by atoms with van der Waals surface area (Å²) in [7, 11) is 0. The third kappa shape index (κ3) is 5.01. The summed E-state index contributed by atoms with van der Waals surface area (Å²) in [5, 5.41) is 2.77. The summed E-state index contributed by atoms with van der Waals surface area (Å²) >= 11 is 0. The molecule has 156 valence electrons. The van der Waals surface area contributed by atoms with Gasteiger partial charge in [0.25, 0.3) is 0 Å². The average Bonchev–Trinajstić information content (AvgIpc) is 3.22. The van der Waals surface area contributed by atoms with Crippen molar-refractivity contribution in [1.82, 2.24) is 0 Å². The van der Waals surface area contributed by atoms with Gasteiger partial charge in [0.1, 0.15) is 5.78 Å². The number of benzene rings is 3. The smallest absolute Gasteiger partial charge is 0.129 e. The van der Waals surface area contributed by atoms with Gasteiger partial charge < -0.3 is 4.79 Å². The molecule has 0 aliphatic heterocycles. The third-order valence-corrected chi connectivity index (χ3v) is 7.03. The second kappa shape index (κ2) is 9.60. The van der Waals surface area contributed by atoms with Crippen LogP contribution in [-0.4, -0.2) is 5.78 Å². The molecule has 1 fully saturated rings. The van der Waals surface area contributed by atoms with Crippen molar-refractivity contribution in [1.29, 1.82) is 0 Å². The maximum absolute atomic E-state index is 11.1. The molecule has 30 heavy (non-hydrogen) atoms. The molecule has 0 bridgehead atoms. The van der Waals surface area contributed by atoms with E-state index in [0.29, 0.717) is 24.0 Å². The molecule has 0 heterocycles. The second-order valence-corrected chi connectivity index (χ2v) is 9.38. The van der Waals surface area contributed by atoms with E-state index in [0.717, 1.165) is 18.8 Å². The van der Waals surface area contributed by atoms with E-state index in [-0.39, 0.29) is 0 Å². The Morgan fingerprint density at radius 1 is 0.967 bits per heavy atom. The Morgan fingerprint density at radius 2 is 1.73 bits per heavy atom. The van der Waals surface area contributed by atoms with E-state index in [1.807, 2.05) is 0 Å². The van der Waals surface area contributed by atoms with Gasteiger partial charge >= 0.3 is 0 Å². The van der Waals surface area contributed by atoms with Gasteiger partial charge in [0.15, 0.2) is 0 Å². The van der Waals surface area contributed by atoms with Crippen LogP contribution in [0.2, 0.25) is 0 Å². The minimum absolute atomic E-state index is 0.293. The molecule has 0 spiro atoms. The van der Waals surface area contributed by atoms with Gasteiger partial charge in [-0.25, -0.2) is 0 Å². The van der Waals surface area contributed by atoms with Gasteiger partial charge in [-0.3, -0.25) is 0 Å². The van der Waals surface area contributed by atoms with Gasteiger partial charge in [0.2, 0.25) is 0 Å². The van der Waals surface area contributed by atoms with Crippen molar-refractivity contribution < 1.29 is 4.79 Å². The van der Waals surface area contributed by atoms with Crippen LogP contribution in [-0.2, 0) is 11.2 Å². The van der Waals surface area contributed by atoms with E-state index < -0.39 is 0 Å². The lowest BCUT2D eigenvalue weighted by Gasteiger charge is -2.19. The van der Waals surface area contributed by atoms with E-state index in [4.69, 9.17) is 0 Å². The molecule has 1 saturated carbocycles. The number of carbonyl (C=O) groups is 1. The van der Waals surface area contributed by atoms with E-state index in [1.165, 1.54) is 53.1 Å². The standard InChI is InChI=1S/C29H34O/c1-21(28-12-6-10-26-9-3-4-11-29(26)28)19-24-15-18-27(20-24)25-16-13-23(14-17-25)8-5-7-22(2)30/h3-4,6,9-14,16-17,21,24,27H,5,7-8,15,18-20H2,1-2H3/t21-,24+,27+/m0/s1. The predicted octanol–water partition coefficient (Wildman–Crippen LogP) is 7.83. The summed E-state index contributed by atoms with van der Waals surface area (Å²) in [6, 6.07) is 24.8. The normalized spacial score (nSPS) is 19.8. The molecule has 1 nitrogen and oxygen atoms in total. The Labute approximate surface area is 181 Å². The van der Waals surface area contributed by atoms with Crippen LogP contribution < -0.4 is 0 Å². The van der Waals surface area contributed by atoms with Gasteiger partial charge in [0.05, 0.1) is 0 Å². The van der Waals surface area contributed by atoms with Crippen LogP contribution >= 0.6 is 0 Å². The van der Waals surface area contributed by atoms with Crippen molar-refractivity contribution >= 4 is 16.6 Å². The lowest BCUT2D eigenvalue weighted by Crippen LogP contribution is -2.03. The summed E-state index contributed by atoms with van der Waals surface area (Å²) < 4.78 is 0. The van der Waals surface area contributed by atoms with Crippen LogP contribution in [0.4, 0.5) is 0 Å². The lowest BCUT2D eigenvalue weighted by atomic mass is 9.86. The molecule has 0 radical (unpaired) electrons. The SMILES string of the molecule is CC(=O)CCCc1ccc([C@@H]2CC[C@H](C[C@H](C)c3cccc4ccccc34)C2)cc1.